The van der Waals surface area contributed by atoms with Gasteiger partial charge in [-0.2, -0.15) is 9.78 Å². The molecule has 2 aromatic heterocycles. The fourth-order valence-electron chi connectivity index (χ4n) is 3.41. The number of nitrogens with zero attached hydrogens (tertiary/aromatic N) is 6. The number of hydrogen-bond donors (Lipinski definition) is 0. The molecule has 0 radical (unpaired) electrons. The number of pyridine rings is 1. The molecule has 30 heavy (non-hydrogen) atoms. The zero-order chi connectivity index (χ0) is 21.1. The maximum absolute atomic E-state index is 12.7. The molecule has 9 nitrogen and oxygen atoms in total. The normalized spacial score (nSPS) is 14.6. The number of hydrogen-bond acceptors (Lipinski definition) is 7. The third-order valence-corrected chi connectivity index (χ3v) is 5.39. The third-order valence-electron chi connectivity index (χ3n) is 5.03. The van der Waals surface area contributed by atoms with Gasteiger partial charge in [-0.15, -0.1) is 0 Å². The number of halogens is 1. The van der Waals surface area contributed by atoms with Gasteiger partial charge in [0.15, 0.2) is 0 Å². The highest BCUT2D eigenvalue weighted by atomic mass is 35.5. The van der Waals surface area contributed by atoms with Crippen LogP contribution in [-0.4, -0.2) is 50.8 Å². The molecular weight excluding hydrogens is 408 g/mol. The largest absolute Gasteiger partial charge is 0.366 e. The Morgan fingerprint density at radius 1 is 1.07 bits per heavy atom. The minimum Gasteiger partial charge on any atom is -0.366 e. The first-order valence-electron chi connectivity index (χ1n) is 9.43. The number of nitro benzene ring substituents is 1. The van der Waals surface area contributed by atoms with Gasteiger partial charge in [0.2, 0.25) is 0 Å². The van der Waals surface area contributed by atoms with Crippen molar-refractivity contribution < 1.29 is 4.92 Å². The molecule has 1 aliphatic rings. The summed E-state index contributed by atoms with van der Waals surface area (Å²) in [7, 11) is 0. The van der Waals surface area contributed by atoms with Crippen molar-refractivity contribution in [1.29, 1.82) is 0 Å². The van der Waals surface area contributed by atoms with Crippen LogP contribution in [0.3, 0.4) is 0 Å². The summed E-state index contributed by atoms with van der Waals surface area (Å²) in [6.07, 6.45) is 3.36. The highest BCUT2D eigenvalue weighted by molar-refractivity contribution is 6.33. The Hall–Kier alpha value is -3.30. The van der Waals surface area contributed by atoms with E-state index in [0.717, 1.165) is 43.1 Å². The fraction of sp³-hybridized carbons (Fsp3) is 0.250. The van der Waals surface area contributed by atoms with Gasteiger partial charge in [0, 0.05) is 51.1 Å². The molecule has 154 valence electrons. The van der Waals surface area contributed by atoms with Gasteiger partial charge in [0.25, 0.3) is 11.2 Å². The predicted octanol–water partition coefficient (Wildman–Crippen LogP) is 2.51. The van der Waals surface area contributed by atoms with Crippen LogP contribution >= 0.6 is 11.6 Å². The van der Waals surface area contributed by atoms with Crippen LogP contribution in [0.15, 0.2) is 59.7 Å². The van der Waals surface area contributed by atoms with Crippen LogP contribution in [0.5, 0.6) is 0 Å². The Balaban J connectivity index is 1.47. The molecule has 0 unspecified atom stereocenters. The van der Waals surface area contributed by atoms with Gasteiger partial charge < -0.3 is 4.90 Å². The van der Waals surface area contributed by atoms with E-state index < -0.39 is 10.5 Å². The van der Waals surface area contributed by atoms with Crippen molar-refractivity contribution in [3.63, 3.8) is 0 Å². The van der Waals surface area contributed by atoms with Gasteiger partial charge >= 0.3 is 0 Å². The first-order valence-corrected chi connectivity index (χ1v) is 9.80. The van der Waals surface area contributed by atoms with Crippen molar-refractivity contribution >= 4 is 23.0 Å². The van der Waals surface area contributed by atoms with Gasteiger partial charge in [0.1, 0.15) is 5.02 Å². The van der Waals surface area contributed by atoms with E-state index in [4.69, 9.17) is 11.6 Å². The Kier molecular flexibility index (Phi) is 5.73. The summed E-state index contributed by atoms with van der Waals surface area (Å²) in [5.74, 6) is 0. The lowest BCUT2D eigenvalue weighted by atomic mass is 10.2. The second kappa shape index (κ2) is 8.60. The van der Waals surface area contributed by atoms with Crippen LogP contribution in [0.25, 0.3) is 5.69 Å². The molecular formula is C20H19ClN6O3. The molecule has 0 spiro atoms. The molecule has 1 fully saturated rings. The van der Waals surface area contributed by atoms with Crippen LogP contribution in [0.4, 0.5) is 11.4 Å². The average molecular weight is 427 g/mol. The molecule has 3 heterocycles. The van der Waals surface area contributed by atoms with Gasteiger partial charge in [-0.25, -0.2) is 0 Å². The standard InChI is InChI=1S/C20H19ClN6O3/c21-19-18(25-11-9-24(10-12-25)14-15-3-1-2-8-22-15)13-23-26(20(19)28)16-4-6-17(7-5-16)27(29)30/h1-8,13H,9-12,14H2. The molecule has 4 rings (SSSR count). The second-order valence-corrected chi connectivity index (χ2v) is 7.30. The number of nitro groups is 1. The van der Waals surface area contributed by atoms with E-state index in [0.29, 0.717) is 11.4 Å². The van der Waals surface area contributed by atoms with Crippen LogP contribution in [0, 0.1) is 10.1 Å². The Morgan fingerprint density at radius 2 is 1.80 bits per heavy atom. The summed E-state index contributed by atoms with van der Waals surface area (Å²) >= 11 is 6.38. The van der Waals surface area contributed by atoms with E-state index >= 15 is 0 Å². The van der Waals surface area contributed by atoms with E-state index in [-0.39, 0.29) is 10.7 Å². The Morgan fingerprint density at radius 3 is 2.43 bits per heavy atom. The van der Waals surface area contributed by atoms with Gasteiger partial charge in [-0.1, -0.05) is 17.7 Å². The third kappa shape index (κ3) is 4.17. The van der Waals surface area contributed by atoms with E-state index in [9.17, 15) is 14.9 Å². The highest BCUT2D eigenvalue weighted by Gasteiger charge is 2.22. The summed E-state index contributed by atoms with van der Waals surface area (Å²) in [6.45, 7) is 3.85. The summed E-state index contributed by atoms with van der Waals surface area (Å²) < 4.78 is 1.15. The van der Waals surface area contributed by atoms with Crippen LogP contribution in [-0.2, 0) is 6.54 Å². The molecule has 0 saturated carbocycles. The fourth-order valence-corrected chi connectivity index (χ4v) is 3.66. The van der Waals surface area contributed by atoms with Crippen molar-refractivity contribution in [2.45, 2.75) is 6.54 Å². The first-order chi connectivity index (χ1) is 14.5. The second-order valence-electron chi connectivity index (χ2n) is 6.92. The molecule has 0 aliphatic carbocycles. The molecule has 1 saturated heterocycles. The molecule has 3 aromatic rings. The molecule has 0 N–H and O–H groups in total. The quantitative estimate of drug-likeness (QED) is 0.456. The zero-order valence-electron chi connectivity index (χ0n) is 16.0. The lowest BCUT2D eigenvalue weighted by molar-refractivity contribution is -0.384. The average Bonchev–Trinajstić information content (AvgIpc) is 2.77. The van der Waals surface area contributed by atoms with E-state index in [1.807, 2.05) is 23.1 Å². The summed E-state index contributed by atoms with van der Waals surface area (Å²) in [5.41, 5.74) is 1.52. The van der Waals surface area contributed by atoms with Gasteiger partial charge in [0.05, 0.1) is 28.2 Å². The van der Waals surface area contributed by atoms with E-state index in [2.05, 4.69) is 15.0 Å². The maximum atomic E-state index is 12.7. The monoisotopic (exact) mass is 426 g/mol. The number of non-ortho nitro benzene ring substituents is 1. The van der Waals surface area contributed by atoms with Gasteiger partial charge in [-0.3, -0.25) is 24.8 Å². The Labute approximate surface area is 177 Å². The lowest BCUT2D eigenvalue weighted by Gasteiger charge is -2.36. The predicted molar refractivity (Wildman–Crippen MR) is 113 cm³/mol. The van der Waals surface area contributed by atoms with Crippen molar-refractivity contribution in [1.82, 2.24) is 19.7 Å². The maximum Gasteiger partial charge on any atom is 0.292 e. The number of anilines is 1. The van der Waals surface area contributed by atoms with Crippen molar-refractivity contribution in [3.05, 3.63) is 86.0 Å². The molecule has 0 bridgehead atoms. The van der Waals surface area contributed by atoms with Crippen molar-refractivity contribution in [3.8, 4) is 5.69 Å². The summed E-state index contributed by atoms with van der Waals surface area (Å²) in [6, 6.07) is 11.5. The number of rotatable bonds is 5. The molecule has 1 aliphatic heterocycles. The molecule has 0 atom stereocenters. The lowest BCUT2D eigenvalue weighted by Crippen LogP contribution is -2.46. The minimum atomic E-state index is -0.496. The number of benzene rings is 1. The van der Waals surface area contributed by atoms with Gasteiger partial charge in [-0.05, 0) is 24.3 Å². The minimum absolute atomic E-state index is 0.0573. The highest BCUT2D eigenvalue weighted by Crippen LogP contribution is 2.23. The summed E-state index contributed by atoms with van der Waals surface area (Å²) in [5, 5.41) is 15.1. The Bertz CT molecular complexity index is 1100. The van der Waals surface area contributed by atoms with E-state index in [1.54, 1.807) is 12.4 Å². The van der Waals surface area contributed by atoms with Crippen LogP contribution < -0.4 is 10.5 Å². The molecule has 1 aromatic carbocycles. The molecule has 0 amide bonds. The topological polar surface area (TPSA) is 97.4 Å². The van der Waals surface area contributed by atoms with Crippen LogP contribution in [0.1, 0.15) is 5.69 Å². The number of piperazine rings is 1. The SMILES string of the molecule is O=c1c(Cl)c(N2CCN(Cc3ccccn3)CC2)cnn1-c1ccc([N+](=O)[O-])cc1. The van der Waals surface area contributed by atoms with Crippen molar-refractivity contribution in [2.24, 2.45) is 0 Å². The summed E-state index contributed by atoms with van der Waals surface area (Å²) in [4.78, 5) is 31.8. The van der Waals surface area contributed by atoms with E-state index in [1.165, 1.54) is 24.3 Å². The number of aromatic nitrogens is 3. The smallest absolute Gasteiger partial charge is 0.292 e. The van der Waals surface area contributed by atoms with Crippen LogP contribution in [0.2, 0.25) is 5.02 Å². The first kappa shape index (κ1) is 20.0. The van der Waals surface area contributed by atoms with Crippen molar-refractivity contribution in [2.75, 3.05) is 31.1 Å². The zero-order valence-corrected chi connectivity index (χ0v) is 16.8. The molecule has 10 heteroatoms.